The van der Waals surface area contributed by atoms with E-state index in [9.17, 15) is 24.2 Å². The number of carbonyl (C=O) groups excluding carboxylic acids is 1. The second-order valence-corrected chi connectivity index (χ2v) is 8.60. The summed E-state index contributed by atoms with van der Waals surface area (Å²) >= 11 is 0. The lowest BCUT2D eigenvalue weighted by atomic mass is 10.1. The third kappa shape index (κ3) is 8.97. The lowest BCUT2D eigenvalue weighted by molar-refractivity contribution is -0.145. The Kier molecular flexibility index (Phi) is 11.0. The predicted octanol–water partition coefficient (Wildman–Crippen LogP) is 2.65. The van der Waals surface area contributed by atoms with E-state index in [0.29, 0.717) is 32.2 Å². The summed E-state index contributed by atoms with van der Waals surface area (Å²) in [5, 5.41) is 11.8. The minimum absolute atomic E-state index is 0.0812. The number of carboxylic acid groups (broad SMARTS) is 1. The molecule has 0 aliphatic carbocycles. The molecule has 1 rings (SSSR count). The maximum atomic E-state index is 12.7. The van der Waals surface area contributed by atoms with Crippen molar-refractivity contribution in [3.05, 3.63) is 35.9 Å². The smallest absolute Gasteiger partial charge is 0.351 e. The van der Waals surface area contributed by atoms with E-state index < -0.39 is 25.5 Å². The average molecular weight is 414 g/mol. The molecule has 0 saturated heterocycles. The largest absolute Gasteiger partial charge is 0.479 e. The fourth-order valence-electron chi connectivity index (χ4n) is 2.70. The average Bonchev–Trinajstić information content (AvgIpc) is 2.66. The summed E-state index contributed by atoms with van der Waals surface area (Å²) in [6.45, 7) is 2.21. The maximum Gasteiger partial charge on any atom is 0.351 e. The lowest BCUT2D eigenvalue weighted by Crippen LogP contribution is -2.37. The van der Waals surface area contributed by atoms with E-state index in [1.165, 1.54) is 0 Å². The number of hydrogen-bond donors (Lipinski definition) is 4. The Labute approximate surface area is 166 Å². The van der Waals surface area contributed by atoms with Crippen LogP contribution in [-0.2, 0) is 25.1 Å². The molecule has 3 unspecified atom stereocenters. The van der Waals surface area contributed by atoms with Crippen LogP contribution < -0.4 is 11.1 Å². The lowest BCUT2D eigenvalue weighted by Gasteiger charge is -2.26. The Morgan fingerprint density at radius 3 is 2.46 bits per heavy atom. The number of hydrogen-bond acceptors (Lipinski definition) is 5. The van der Waals surface area contributed by atoms with Crippen molar-refractivity contribution < 1.29 is 28.7 Å². The number of nitrogens with two attached hydrogens (primary N) is 1. The molecule has 1 amide bonds. The van der Waals surface area contributed by atoms with E-state index in [0.717, 1.165) is 5.56 Å². The van der Waals surface area contributed by atoms with E-state index in [1.54, 1.807) is 6.92 Å². The van der Waals surface area contributed by atoms with Crippen LogP contribution in [0.5, 0.6) is 0 Å². The van der Waals surface area contributed by atoms with Crippen LogP contribution in [0.3, 0.4) is 0 Å². The fraction of sp³-hybridized carbons (Fsp3) is 0.579. The normalized spacial score (nSPS) is 15.4. The van der Waals surface area contributed by atoms with Crippen molar-refractivity contribution in [1.29, 1.82) is 0 Å². The molecule has 0 radical (unpaired) electrons. The zero-order valence-corrected chi connectivity index (χ0v) is 17.1. The van der Waals surface area contributed by atoms with E-state index in [4.69, 9.17) is 10.3 Å². The van der Waals surface area contributed by atoms with Crippen molar-refractivity contribution >= 4 is 19.5 Å². The van der Waals surface area contributed by atoms with Crippen LogP contribution in [0.25, 0.3) is 0 Å². The molecule has 1 aromatic rings. The fourth-order valence-corrected chi connectivity index (χ4v) is 4.30. The van der Waals surface area contributed by atoms with Gasteiger partial charge < -0.3 is 21.1 Å². The summed E-state index contributed by atoms with van der Waals surface area (Å²) in [6, 6.07) is 9.43. The molecule has 9 heteroatoms. The van der Waals surface area contributed by atoms with Gasteiger partial charge in [-0.05, 0) is 44.2 Å². The highest BCUT2D eigenvalue weighted by atomic mass is 31.2. The molecule has 0 aromatic heterocycles. The minimum atomic E-state index is -4.37. The minimum Gasteiger partial charge on any atom is -0.479 e. The van der Waals surface area contributed by atoms with E-state index >= 15 is 0 Å². The molecule has 28 heavy (non-hydrogen) atoms. The monoisotopic (exact) mass is 414 g/mol. The summed E-state index contributed by atoms with van der Waals surface area (Å²) in [5.41, 5.74) is 6.38. The molecule has 5 N–H and O–H groups in total. The van der Waals surface area contributed by atoms with Gasteiger partial charge in [-0.2, -0.15) is 0 Å². The van der Waals surface area contributed by atoms with Crippen molar-refractivity contribution in [2.45, 2.75) is 63.8 Å². The highest BCUT2D eigenvalue weighted by Crippen LogP contribution is 2.49. The molecule has 0 aliphatic heterocycles. The van der Waals surface area contributed by atoms with Crippen molar-refractivity contribution in [2.24, 2.45) is 5.73 Å². The first-order valence-corrected chi connectivity index (χ1v) is 11.2. The van der Waals surface area contributed by atoms with E-state index in [2.05, 4.69) is 5.32 Å². The highest BCUT2D eigenvalue weighted by molar-refractivity contribution is 7.53. The highest BCUT2D eigenvalue weighted by Gasteiger charge is 2.37. The van der Waals surface area contributed by atoms with Crippen LogP contribution in [0.4, 0.5) is 0 Å². The number of rotatable bonds is 14. The quantitative estimate of drug-likeness (QED) is 0.271. The second-order valence-electron chi connectivity index (χ2n) is 6.64. The Balaban J connectivity index is 2.70. The summed E-state index contributed by atoms with van der Waals surface area (Å²) in [6.07, 6.45) is 1.12. The van der Waals surface area contributed by atoms with Gasteiger partial charge in [-0.15, -0.1) is 0 Å². The number of carbonyl (C=O) groups is 2. The molecular weight excluding hydrogens is 383 g/mol. The molecule has 158 valence electrons. The molecule has 1 aromatic carbocycles. The van der Waals surface area contributed by atoms with Crippen LogP contribution in [-0.4, -0.2) is 40.3 Å². The van der Waals surface area contributed by atoms with Crippen molar-refractivity contribution in [2.75, 3.05) is 6.54 Å². The third-order valence-electron chi connectivity index (χ3n) is 4.24. The maximum absolute atomic E-state index is 12.7. The van der Waals surface area contributed by atoms with Gasteiger partial charge in [0, 0.05) is 6.42 Å². The standard InChI is InChI=1S/C19H31N2O6P/c1-2-8-18(21-17(22)13-12-15-9-4-3-5-10-15)28(25,26)27-16(19(23)24)11-6-7-14-20/h3-5,9-10,16,18H,2,6-8,11-14,20H2,1H3,(H,21,22)(H,23,24)(H,25,26). The number of carboxylic acids is 1. The van der Waals surface area contributed by atoms with Crippen LogP contribution in [0.2, 0.25) is 0 Å². The Hall–Kier alpha value is -1.73. The summed E-state index contributed by atoms with van der Waals surface area (Å²) < 4.78 is 17.8. The van der Waals surface area contributed by atoms with Crippen LogP contribution in [0.1, 0.15) is 51.0 Å². The first kappa shape index (κ1) is 24.3. The number of nitrogens with one attached hydrogen (secondary N) is 1. The van der Waals surface area contributed by atoms with Crippen molar-refractivity contribution in [3.8, 4) is 0 Å². The van der Waals surface area contributed by atoms with Gasteiger partial charge in [0.1, 0.15) is 5.78 Å². The number of unbranched alkanes of at least 4 members (excludes halogenated alkanes) is 1. The molecule has 0 aliphatic rings. The second kappa shape index (κ2) is 12.7. The van der Waals surface area contributed by atoms with Gasteiger partial charge in [-0.1, -0.05) is 43.7 Å². The van der Waals surface area contributed by atoms with Crippen LogP contribution in [0.15, 0.2) is 30.3 Å². The van der Waals surface area contributed by atoms with E-state index in [-0.39, 0.29) is 25.2 Å². The molecule has 0 fully saturated rings. The topological polar surface area (TPSA) is 139 Å². The summed E-state index contributed by atoms with van der Waals surface area (Å²) in [4.78, 5) is 34.0. The van der Waals surface area contributed by atoms with Gasteiger partial charge in [0.15, 0.2) is 6.10 Å². The molecule has 0 heterocycles. The molecule has 0 bridgehead atoms. The Bertz CT molecular complexity index is 655. The molecule has 3 atom stereocenters. The van der Waals surface area contributed by atoms with Crippen LogP contribution >= 0.6 is 7.60 Å². The van der Waals surface area contributed by atoms with Crippen molar-refractivity contribution in [1.82, 2.24) is 5.32 Å². The molecule has 8 nitrogen and oxygen atoms in total. The molecular formula is C19H31N2O6P. The number of benzene rings is 1. The summed E-state index contributed by atoms with van der Waals surface area (Å²) in [7, 11) is -4.37. The van der Waals surface area contributed by atoms with Gasteiger partial charge in [0.05, 0.1) is 0 Å². The zero-order chi connectivity index (χ0) is 21.0. The first-order valence-electron chi connectivity index (χ1n) is 9.57. The predicted molar refractivity (Wildman–Crippen MR) is 107 cm³/mol. The van der Waals surface area contributed by atoms with Crippen LogP contribution in [0, 0.1) is 0 Å². The number of aliphatic carboxylic acids is 1. The van der Waals surface area contributed by atoms with Gasteiger partial charge in [0.25, 0.3) is 0 Å². The Morgan fingerprint density at radius 2 is 1.89 bits per heavy atom. The third-order valence-corrected chi connectivity index (χ3v) is 5.97. The zero-order valence-electron chi connectivity index (χ0n) is 16.3. The van der Waals surface area contributed by atoms with Crippen molar-refractivity contribution in [3.63, 3.8) is 0 Å². The number of amides is 1. The molecule has 0 saturated carbocycles. The Morgan fingerprint density at radius 1 is 1.21 bits per heavy atom. The summed E-state index contributed by atoms with van der Waals surface area (Å²) in [5.74, 6) is -2.83. The van der Waals surface area contributed by atoms with Gasteiger partial charge in [-0.3, -0.25) is 13.9 Å². The van der Waals surface area contributed by atoms with E-state index in [1.807, 2.05) is 30.3 Å². The van der Waals surface area contributed by atoms with Gasteiger partial charge in [0.2, 0.25) is 5.91 Å². The van der Waals surface area contributed by atoms with Gasteiger partial charge >= 0.3 is 13.6 Å². The SMILES string of the molecule is CCCC(NC(=O)CCc1ccccc1)P(=O)(O)OC(CCCCN)C(=O)O. The van der Waals surface area contributed by atoms with Gasteiger partial charge in [-0.25, -0.2) is 4.79 Å². The number of aryl methyl sites for hydroxylation is 1. The molecule has 0 spiro atoms. The first-order chi connectivity index (χ1) is 13.3.